The van der Waals surface area contributed by atoms with E-state index < -0.39 is 0 Å². The summed E-state index contributed by atoms with van der Waals surface area (Å²) in [7, 11) is 0. The number of halogens is 1. The summed E-state index contributed by atoms with van der Waals surface area (Å²) < 4.78 is 24.5. The van der Waals surface area contributed by atoms with Crippen LogP contribution < -0.4 is 14.8 Å². The number of hydrogen-bond acceptors (Lipinski definition) is 3. The standard InChI is InChI=1S/C19H24FNO2/c1-13(2)22-18-10-9-17(11-19(18)23-14(3)4)21-12-15-5-7-16(20)8-6-15/h5-11,13-14,21H,12H2,1-4H3. The largest absolute Gasteiger partial charge is 0.487 e. The molecule has 3 nitrogen and oxygen atoms in total. The molecule has 0 saturated carbocycles. The fraction of sp³-hybridized carbons (Fsp3) is 0.368. The lowest BCUT2D eigenvalue weighted by atomic mass is 10.2. The van der Waals surface area contributed by atoms with Crippen LogP contribution in [0.5, 0.6) is 11.5 Å². The molecule has 0 aliphatic carbocycles. The predicted molar refractivity (Wildman–Crippen MR) is 91.7 cm³/mol. The molecule has 0 fully saturated rings. The molecule has 0 radical (unpaired) electrons. The average Bonchev–Trinajstić information content (AvgIpc) is 2.48. The second-order valence-corrected chi connectivity index (χ2v) is 5.97. The topological polar surface area (TPSA) is 30.5 Å². The van der Waals surface area contributed by atoms with E-state index in [0.717, 1.165) is 22.7 Å². The van der Waals surface area contributed by atoms with Gasteiger partial charge in [-0.15, -0.1) is 0 Å². The molecule has 2 aromatic rings. The average molecular weight is 317 g/mol. The highest BCUT2D eigenvalue weighted by Gasteiger charge is 2.10. The van der Waals surface area contributed by atoms with Crippen molar-refractivity contribution in [3.63, 3.8) is 0 Å². The van der Waals surface area contributed by atoms with Gasteiger partial charge in [-0.05, 0) is 57.5 Å². The fourth-order valence-electron chi connectivity index (χ4n) is 2.12. The van der Waals surface area contributed by atoms with E-state index >= 15 is 0 Å². The summed E-state index contributed by atoms with van der Waals surface area (Å²) in [6.45, 7) is 8.56. The highest BCUT2D eigenvalue weighted by molar-refractivity contribution is 5.55. The zero-order valence-electron chi connectivity index (χ0n) is 14.1. The molecule has 0 spiro atoms. The van der Waals surface area contributed by atoms with Gasteiger partial charge in [0.15, 0.2) is 11.5 Å². The summed E-state index contributed by atoms with van der Waals surface area (Å²) in [5.74, 6) is 1.23. The number of benzene rings is 2. The monoisotopic (exact) mass is 317 g/mol. The number of rotatable bonds is 7. The van der Waals surface area contributed by atoms with E-state index in [1.165, 1.54) is 12.1 Å². The van der Waals surface area contributed by atoms with Crippen LogP contribution in [0.2, 0.25) is 0 Å². The smallest absolute Gasteiger partial charge is 0.163 e. The minimum absolute atomic E-state index is 0.0665. The van der Waals surface area contributed by atoms with E-state index in [2.05, 4.69) is 5.32 Å². The SMILES string of the molecule is CC(C)Oc1ccc(NCc2ccc(F)cc2)cc1OC(C)C. The highest BCUT2D eigenvalue weighted by Crippen LogP contribution is 2.32. The molecule has 0 atom stereocenters. The first-order valence-electron chi connectivity index (χ1n) is 7.89. The molecule has 0 aliphatic rings. The third-order valence-corrected chi connectivity index (χ3v) is 3.08. The maximum absolute atomic E-state index is 12.9. The van der Waals surface area contributed by atoms with Gasteiger partial charge in [0.1, 0.15) is 5.82 Å². The Morgan fingerprint density at radius 3 is 2.09 bits per heavy atom. The van der Waals surface area contributed by atoms with Crippen LogP contribution in [-0.2, 0) is 6.54 Å². The fourth-order valence-corrected chi connectivity index (χ4v) is 2.12. The van der Waals surface area contributed by atoms with Crippen LogP contribution in [0, 0.1) is 5.82 Å². The van der Waals surface area contributed by atoms with Crippen molar-refractivity contribution in [3.8, 4) is 11.5 Å². The molecule has 0 amide bonds. The van der Waals surface area contributed by atoms with Gasteiger partial charge in [0.2, 0.25) is 0 Å². The summed E-state index contributed by atoms with van der Waals surface area (Å²) in [6, 6.07) is 12.3. The maximum Gasteiger partial charge on any atom is 0.163 e. The maximum atomic E-state index is 12.9. The second-order valence-electron chi connectivity index (χ2n) is 5.97. The summed E-state index contributed by atoms with van der Waals surface area (Å²) in [5, 5.41) is 3.32. The molecule has 0 aliphatic heterocycles. The Labute approximate surface area is 137 Å². The normalized spacial score (nSPS) is 10.9. The number of nitrogens with one attached hydrogen (secondary N) is 1. The first-order chi connectivity index (χ1) is 10.9. The van der Waals surface area contributed by atoms with Crippen LogP contribution in [0.1, 0.15) is 33.3 Å². The highest BCUT2D eigenvalue weighted by atomic mass is 19.1. The molecule has 0 saturated heterocycles. The Bertz CT molecular complexity index is 624. The quantitative estimate of drug-likeness (QED) is 0.778. The van der Waals surface area contributed by atoms with Crippen molar-refractivity contribution in [2.24, 2.45) is 0 Å². The molecule has 0 aromatic heterocycles. The predicted octanol–water partition coefficient (Wildman–Crippen LogP) is 5.01. The molecule has 23 heavy (non-hydrogen) atoms. The minimum Gasteiger partial charge on any atom is -0.487 e. The Morgan fingerprint density at radius 1 is 0.870 bits per heavy atom. The van der Waals surface area contributed by atoms with Gasteiger partial charge in [-0.25, -0.2) is 4.39 Å². The van der Waals surface area contributed by atoms with Crippen molar-refractivity contribution in [3.05, 3.63) is 53.8 Å². The Kier molecular flexibility index (Phi) is 5.85. The van der Waals surface area contributed by atoms with Crippen LogP contribution in [0.4, 0.5) is 10.1 Å². The molecule has 124 valence electrons. The van der Waals surface area contributed by atoms with Crippen LogP contribution in [0.25, 0.3) is 0 Å². The zero-order chi connectivity index (χ0) is 16.8. The van der Waals surface area contributed by atoms with Crippen molar-refractivity contribution < 1.29 is 13.9 Å². The molecule has 0 unspecified atom stereocenters. The van der Waals surface area contributed by atoms with Gasteiger partial charge in [-0.3, -0.25) is 0 Å². The van der Waals surface area contributed by atoms with Crippen molar-refractivity contribution in [2.45, 2.75) is 46.4 Å². The third kappa shape index (κ3) is 5.47. The van der Waals surface area contributed by atoms with Gasteiger partial charge in [0, 0.05) is 18.3 Å². The van der Waals surface area contributed by atoms with E-state index in [0.29, 0.717) is 6.54 Å². The van der Waals surface area contributed by atoms with Gasteiger partial charge in [-0.1, -0.05) is 12.1 Å². The molecule has 2 rings (SSSR count). The van der Waals surface area contributed by atoms with Gasteiger partial charge < -0.3 is 14.8 Å². The summed E-state index contributed by atoms with van der Waals surface area (Å²) in [4.78, 5) is 0. The first kappa shape index (κ1) is 17.1. The van der Waals surface area contributed by atoms with Crippen LogP contribution >= 0.6 is 0 Å². The summed E-state index contributed by atoms with van der Waals surface area (Å²) >= 11 is 0. The lowest BCUT2D eigenvalue weighted by molar-refractivity contribution is 0.199. The lowest BCUT2D eigenvalue weighted by Crippen LogP contribution is -2.11. The number of ether oxygens (including phenoxy) is 2. The first-order valence-corrected chi connectivity index (χ1v) is 7.89. The van der Waals surface area contributed by atoms with Crippen molar-refractivity contribution in [1.29, 1.82) is 0 Å². The summed E-state index contributed by atoms with van der Waals surface area (Å²) in [5.41, 5.74) is 1.95. The Hall–Kier alpha value is -2.23. The molecule has 4 heteroatoms. The van der Waals surface area contributed by atoms with E-state index in [-0.39, 0.29) is 18.0 Å². The van der Waals surface area contributed by atoms with Crippen LogP contribution in [0.3, 0.4) is 0 Å². The Morgan fingerprint density at radius 2 is 1.48 bits per heavy atom. The van der Waals surface area contributed by atoms with E-state index in [4.69, 9.17) is 9.47 Å². The van der Waals surface area contributed by atoms with Gasteiger partial charge in [0.25, 0.3) is 0 Å². The molecule has 2 aromatic carbocycles. The van der Waals surface area contributed by atoms with Crippen LogP contribution in [-0.4, -0.2) is 12.2 Å². The van der Waals surface area contributed by atoms with E-state index in [1.54, 1.807) is 12.1 Å². The minimum atomic E-state index is -0.225. The Balaban J connectivity index is 2.10. The number of anilines is 1. The molecule has 1 N–H and O–H groups in total. The van der Waals surface area contributed by atoms with Gasteiger partial charge in [-0.2, -0.15) is 0 Å². The number of hydrogen-bond donors (Lipinski definition) is 1. The summed E-state index contributed by atoms with van der Waals surface area (Å²) in [6.07, 6.45) is 0.152. The van der Waals surface area contributed by atoms with Gasteiger partial charge >= 0.3 is 0 Å². The van der Waals surface area contributed by atoms with Crippen molar-refractivity contribution in [2.75, 3.05) is 5.32 Å². The van der Waals surface area contributed by atoms with Crippen molar-refractivity contribution >= 4 is 5.69 Å². The molecular weight excluding hydrogens is 293 g/mol. The third-order valence-electron chi connectivity index (χ3n) is 3.08. The second kappa shape index (κ2) is 7.86. The molecular formula is C19H24FNO2. The van der Waals surface area contributed by atoms with E-state index in [9.17, 15) is 4.39 Å². The van der Waals surface area contributed by atoms with Crippen molar-refractivity contribution in [1.82, 2.24) is 0 Å². The molecule has 0 bridgehead atoms. The lowest BCUT2D eigenvalue weighted by Gasteiger charge is -2.18. The van der Waals surface area contributed by atoms with Gasteiger partial charge in [0.05, 0.1) is 12.2 Å². The van der Waals surface area contributed by atoms with E-state index in [1.807, 2.05) is 45.9 Å². The molecule has 0 heterocycles. The van der Waals surface area contributed by atoms with Crippen LogP contribution in [0.15, 0.2) is 42.5 Å². The zero-order valence-corrected chi connectivity index (χ0v) is 14.1.